The molecular formula is C20H19ClN2O3. The van der Waals surface area contributed by atoms with Crippen LogP contribution in [-0.4, -0.2) is 24.2 Å². The van der Waals surface area contributed by atoms with Crippen LogP contribution in [0.3, 0.4) is 0 Å². The van der Waals surface area contributed by atoms with E-state index in [-0.39, 0.29) is 5.91 Å². The number of para-hydroxylation sites is 2. The predicted octanol–water partition coefficient (Wildman–Crippen LogP) is 4.79. The van der Waals surface area contributed by atoms with E-state index in [1.807, 2.05) is 48.1 Å². The van der Waals surface area contributed by atoms with Gasteiger partial charge in [0.15, 0.2) is 0 Å². The molecule has 1 amide bonds. The Morgan fingerprint density at radius 2 is 1.85 bits per heavy atom. The van der Waals surface area contributed by atoms with E-state index in [4.69, 9.17) is 21.1 Å². The van der Waals surface area contributed by atoms with Crippen molar-refractivity contribution >= 4 is 23.2 Å². The maximum Gasteiger partial charge on any atom is 0.259 e. The van der Waals surface area contributed by atoms with Gasteiger partial charge < -0.3 is 19.4 Å². The molecule has 0 unspecified atom stereocenters. The lowest BCUT2D eigenvalue weighted by atomic mass is 10.1. The van der Waals surface area contributed by atoms with Crippen LogP contribution >= 0.6 is 11.6 Å². The molecule has 0 saturated heterocycles. The highest BCUT2D eigenvalue weighted by Crippen LogP contribution is 2.31. The van der Waals surface area contributed by atoms with Gasteiger partial charge in [-0.2, -0.15) is 0 Å². The number of hydrogen-bond donors (Lipinski definition) is 1. The highest BCUT2D eigenvalue weighted by atomic mass is 35.5. The second kappa shape index (κ2) is 7.97. The minimum Gasteiger partial charge on any atom is -0.496 e. The second-order valence-corrected chi connectivity index (χ2v) is 5.88. The molecule has 1 N–H and O–H groups in total. The minimum absolute atomic E-state index is 0.324. The van der Waals surface area contributed by atoms with E-state index in [1.54, 1.807) is 24.3 Å². The summed E-state index contributed by atoms with van der Waals surface area (Å²) in [7, 11) is 1.52. The van der Waals surface area contributed by atoms with Crippen LogP contribution in [-0.2, 0) is 0 Å². The van der Waals surface area contributed by atoms with Gasteiger partial charge >= 0.3 is 0 Å². The quantitative estimate of drug-likeness (QED) is 0.678. The van der Waals surface area contributed by atoms with Crippen LogP contribution in [0.15, 0.2) is 60.9 Å². The number of carbonyl (C=O) groups is 1. The van der Waals surface area contributed by atoms with Crippen LogP contribution in [0.2, 0.25) is 5.02 Å². The Morgan fingerprint density at radius 1 is 1.12 bits per heavy atom. The lowest BCUT2D eigenvalue weighted by Crippen LogP contribution is -2.14. The average molecular weight is 371 g/mol. The summed E-state index contributed by atoms with van der Waals surface area (Å²) < 4.78 is 12.8. The van der Waals surface area contributed by atoms with Crippen molar-refractivity contribution in [3.8, 4) is 17.2 Å². The fourth-order valence-corrected chi connectivity index (χ4v) is 2.88. The van der Waals surface area contributed by atoms with E-state index in [0.717, 1.165) is 5.69 Å². The van der Waals surface area contributed by atoms with Crippen LogP contribution < -0.4 is 14.8 Å². The van der Waals surface area contributed by atoms with Gasteiger partial charge in [-0.15, -0.1) is 0 Å². The van der Waals surface area contributed by atoms with Gasteiger partial charge in [-0.3, -0.25) is 4.79 Å². The second-order valence-electron chi connectivity index (χ2n) is 5.48. The van der Waals surface area contributed by atoms with Gasteiger partial charge in [0.2, 0.25) is 0 Å². The number of methoxy groups -OCH3 is 1. The number of nitrogens with zero attached hydrogens (tertiary/aromatic N) is 1. The Labute approximate surface area is 157 Å². The maximum absolute atomic E-state index is 12.8. The lowest BCUT2D eigenvalue weighted by molar-refractivity contribution is 0.102. The first-order chi connectivity index (χ1) is 12.6. The third-order valence-corrected chi connectivity index (χ3v) is 4.13. The molecular weight excluding hydrogens is 352 g/mol. The highest BCUT2D eigenvalue weighted by molar-refractivity contribution is 6.33. The molecule has 1 aromatic heterocycles. The van der Waals surface area contributed by atoms with Gasteiger partial charge in [-0.05, 0) is 37.3 Å². The molecule has 2 aromatic carbocycles. The molecule has 0 atom stereocenters. The van der Waals surface area contributed by atoms with E-state index in [2.05, 4.69) is 5.32 Å². The smallest absolute Gasteiger partial charge is 0.259 e. The number of benzene rings is 2. The summed E-state index contributed by atoms with van der Waals surface area (Å²) in [4.78, 5) is 12.8. The molecule has 0 aliphatic carbocycles. The fraction of sp³-hybridized carbons (Fsp3) is 0.150. The van der Waals surface area contributed by atoms with Crippen molar-refractivity contribution in [3.63, 3.8) is 0 Å². The van der Waals surface area contributed by atoms with Gasteiger partial charge in [0.25, 0.3) is 5.91 Å². The third-order valence-electron chi connectivity index (χ3n) is 3.83. The lowest BCUT2D eigenvalue weighted by Gasteiger charge is -2.15. The Kier molecular flexibility index (Phi) is 5.49. The van der Waals surface area contributed by atoms with E-state index >= 15 is 0 Å². The molecule has 0 saturated carbocycles. The van der Waals surface area contributed by atoms with Crippen molar-refractivity contribution in [2.75, 3.05) is 19.0 Å². The Bertz CT molecular complexity index is 907. The zero-order valence-electron chi connectivity index (χ0n) is 14.5. The number of hydrogen-bond acceptors (Lipinski definition) is 3. The summed E-state index contributed by atoms with van der Waals surface area (Å²) in [5.41, 5.74) is 1.67. The zero-order chi connectivity index (χ0) is 18.5. The van der Waals surface area contributed by atoms with Crippen molar-refractivity contribution in [1.82, 2.24) is 4.57 Å². The maximum atomic E-state index is 12.8. The van der Waals surface area contributed by atoms with Crippen molar-refractivity contribution < 1.29 is 14.3 Å². The van der Waals surface area contributed by atoms with E-state index in [9.17, 15) is 4.79 Å². The number of ether oxygens (including phenoxy) is 2. The number of carbonyl (C=O) groups excluding carboxylic acids is 1. The molecule has 0 radical (unpaired) electrons. The standard InChI is InChI=1S/C20H19ClN2O3/c1-3-26-18-9-5-4-8-16(18)22-20(24)14-12-15(21)17(13-19(14)25-2)23-10-6-7-11-23/h4-13H,3H2,1-2H3,(H,22,24). The minimum atomic E-state index is -0.324. The molecule has 134 valence electrons. The Morgan fingerprint density at radius 3 is 2.54 bits per heavy atom. The Balaban J connectivity index is 1.94. The van der Waals surface area contributed by atoms with Gasteiger partial charge in [-0.1, -0.05) is 23.7 Å². The molecule has 0 aliphatic heterocycles. The highest BCUT2D eigenvalue weighted by Gasteiger charge is 2.18. The fourth-order valence-electron chi connectivity index (χ4n) is 2.62. The van der Waals surface area contributed by atoms with Crippen LogP contribution in [0, 0.1) is 0 Å². The monoisotopic (exact) mass is 370 g/mol. The van der Waals surface area contributed by atoms with Crippen LogP contribution in [0.25, 0.3) is 5.69 Å². The molecule has 0 fully saturated rings. The molecule has 3 aromatic rings. The topological polar surface area (TPSA) is 52.5 Å². The summed E-state index contributed by atoms with van der Waals surface area (Å²) in [5, 5.41) is 3.31. The average Bonchev–Trinajstić information content (AvgIpc) is 3.17. The molecule has 5 nitrogen and oxygen atoms in total. The van der Waals surface area contributed by atoms with Crippen molar-refractivity contribution in [3.05, 3.63) is 71.5 Å². The van der Waals surface area contributed by atoms with Crippen molar-refractivity contribution in [2.45, 2.75) is 6.92 Å². The third kappa shape index (κ3) is 3.68. The summed E-state index contributed by atoms with van der Waals surface area (Å²) in [6.07, 6.45) is 3.75. The zero-order valence-corrected chi connectivity index (χ0v) is 15.3. The summed E-state index contributed by atoms with van der Waals surface area (Å²) >= 11 is 6.40. The van der Waals surface area contributed by atoms with E-state index in [0.29, 0.717) is 34.4 Å². The SMILES string of the molecule is CCOc1ccccc1NC(=O)c1cc(Cl)c(-n2cccc2)cc1OC. The molecule has 6 heteroatoms. The van der Waals surface area contributed by atoms with Gasteiger partial charge in [0.05, 0.1) is 35.7 Å². The number of nitrogens with one attached hydrogen (secondary N) is 1. The molecule has 0 spiro atoms. The van der Waals surface area contributed by atoms with Crippen molar-refractivity contribution in [1.29, 1.82) is 0 Å². The van der Waals surface area contributed by atoms with Crippen molar-refractivity contribution in [2.24, 2.45) is 0 Å². The van der Waals surface area contributed by atoms with Gasteiger partial charge in [-0.25, -0.2) is 0 Å². The molecule has 26 heavy (non-hydrogen) atoms. The number of anilines is 1. The number of rotatable bonds is 6. The van der Waals surface area contributed by atoms with E-state index < -0.39 is 0 Å². The first kappa shape index (κ1) is 17.9. The normalized spacial score (nSPS) is 10.4. The number of amides is 1. The van der Waals surface area contributed by atoms with Gasteiger partial charge in [0.1, 0.15) is 11.5 Å². The van der Waals surface area contributed by atoms with Gasteiger partial charge in [0, 0.05) is 18.5 Å². The van der Waals surface area contributed by atoms with Crippen LogP contribution in [0.5, 0.6) is 11.5 Å². The Hall–Kier alpha value is -2.92. The first-order valence-electron chi connectivity index (χ1n) is 8.18. The number of halogens is 1. The summed E-state index contributed by atoms with van der Waals surface area (Å²) in [6.45, 7) is 2.40. The first-order valence-corrected chi connectivity index (χ1v) is 8.56. The molecule has 0 aliphatic rings. The predicted molar refractivity (Wildman–Crippen MR) is 103 cm³/mol. The van der Waals surface area contributed by atoms with E-state index in [1.165, 1.54) is 7.11 Å². The summed E-state index contributed by atoms with van der Waals surface area (Å²) in [6, 6.07) is 14.4. The summed E-state index contributed by atoms with van der Waals surface area (Å²) in [5.74, 6) is 0.719. The molecule has 1 heterocycles. The molecule has 3 rings (SSSR count). The number of aromatic nitrogens is 1. The largest absolute Gasteiger partial charge is 0.496 e. The van der Waals surface area contributed by atoms with Crippen LogP contribution in [0.1, 0.15) is 17.3 Å². The van der Waals surface area contributed by atoms with Crippen LogP contribution in [0.4, 0.5) is 5.69 Å². The molecule has 0 bridgehead atoms.